The van der Waals surface area contributed by atoms with E-state index in [1.165, 1.54) is 0 Å². The molecule has 1 fully saturated rings. The van der Waals surface area contributed by atoms with Crippen LogP contribution in [-0.4, -0.2) is 29.3 Å². The Morgan fingerprint density at radius 3 is 2.52 bits per heavy atom. The Bertz CT molecular complexity index is 467. The molecule has 2 rings (SSSR count). The third-order valence-electron chi connectivity index (χ3n) is 3.58. The van der Waals surface area contributed by atoms with Crippen LogP contribution in [0.25, 0.3) is 0 Å². The van der Waals surface area contributed by atoms with Crippen molar-refractivity contribution in [2.24, 2.45) is 5.92 Å². The highest BCUT2D eigenvalue weighted by atomic mass is 32.2. The summed E-state index contributed by atoms with van der Waals surface area (Å²) >= 11 is 1.87. The summed E-state index contributed by atoms with van der Waals surface area (Å²) in [6.45, 7) is 4.64. The van der Waals surface area contributed by atoms with Crippen molar-refractivity contribution < 1.29 is 14.6 Å². The van der Waals surface area contributed by atoms with Gasteiger partial charge in [-0.3, -0.25) is 0 Å². The molecule has 2 N–H and O–H groups in total. The minimum Gasteiger partial charge on any atom is -0.410 e. The molecule has 0 aromatic heterocycles. The van der Waals surface area contributed by atoms with Gasteiger partial charge in [-0.05, 0) is 48.0 Å². The topological polar surface area (TPSA) is 58.6 Å². The number of amides is 1. The molecule has 1 heterocycles. The van der Waals surface area contributed by atoms with Crippen LogP contribution in [0.2, 0.25) is 0 Å². The van der Waals surface area contributed by atoms with Crippen molar-refractivity contribution in [3.05, 3.63) is 29.8 Å². The fraction of sp³-hybridized carbons (Fsp3) is 0.562. The van der Waals surface area contributed by atoms with Crippen LogP contribution < -0.4 is 10.1 Å². The van der Waals surface area contributed by atoms with Gasteiger partial charge in [0.1, 0.15) is 5.75 Å². The zero-order valence-electron chi connectivity index (χ0n) is 12.6. The number of carbonyl (C=O) groups excluding carboxylic acids is 1. The van der Waals surface area contributed by atoms with E-state index < -0.39 is 11.7 Å². The maximum atomic E-state index is 11.6. The van der Waals surface area contributed by atoms with E-state index in [4.69, 9.17) is 4.74 Å². The van der Waals surface area contributed by atoms with E-state index in [0.717, 1.165) is 29.9 Å². The zero-order valence-corrected chi connectivity index (χ0v) is 13.4. The van der Waals surface area contributed by atoms with Crippen molar-refractivity contribution in [3.63, 3.8) is 0 Å². The number of hydrogen-bond acceptors (Lipinski definition) is 4. The molecule has 1 aliphatic rings. The first kappa shape index (κ1) is 16.2. The Hall–Kier alpha value is -1.20. The van der Waals surface area contributed by atoms with Crippen LogP contribution in [0.15, 0.2) is 24.3 Å². The summed E-state index contributed by atoms with van der Waals surface area (Å²) in [6.07, 6.45) is 1.10. The van der Waals surface area contributed by atoms with E-state index in [2.05, 4.69) is 5.32 Å². The third kappa shape index (κ3) is 4.64. The maximum absolute atomic E-state index is 11.6. The monoisotopic (exact) mass is 309 g/mol. The molecule has 0 aliphatic carbocycles. The lowest BCUT2D eigenvalue weighted by atomic mass is 9.88. The summed E-state index contributed by atoms with van der Waals surface area (Å²) in [6, 6.07) is 7.18. The number of nitrogens with one attached hydrogen (secondary N) is 1. The average Bonchev–Trinajstić information content (AvgIpc) is 2.46. The molecular formula is C16H23NO3S. The molecule has 4 nitrogen and oxygen atoms in total. The first-order valence-electron chi connectivity index (χ1n) is 7.36. The number of hydrogen-bond donors (Lipinski definition) is 2. The van der Waals surface area contributed by atoms with Crippen LogP contribution in [0.3, 0.4) is 0 Å². The maximum Gasteiger partial charge on any atom is 0.412 e. The van der Waals surface area contributed by atoms with Crippen molar-refractivity contribution in [3.8, 4) is 5.75 Å². The Morgan fingerprint density at radius 2 is 1.95 bits per heavy atom. The first-order chi connectivity index (χ1) is 9.99. The van der Waals surface area contributed by atoms with E-state index >= 15 is 0 Å². The second kappa shape index (κ2) is 7.18. The van der Waals surface area contributed by atoms with Crippen LogP contribution in [-0.2, 0) is 5.60 Å². The second-order valence-corrected chi connectivity index (χ2v) is 7.06. The van der Waals surface area contributed by atoms with E-state index in [1.54, 1.807) is 12.1 Å². The fourth-order valence-corrected chi connectivity index (χ4v) is 3.43. The molecule has 0 spiro atoms. The molecule has 1 amide bonds. The highest BCUT2D eigenvalue weighted by Gasteiger charge is 2.31. The summed E-state index contributed by atoms with van der Waals surface area (Å²) in [5, 5.41) is 13.3. The number of aliphatic hydroxyl groups is 1. The smallest absolute Gasteiger partial charge is 0.410 e. The number of rotatable bonds is 4. The van der Waals surface area contributed by atoms with E-state index in [-0.39, 0.29) is 0 Å². The molecule has 116 valence electrons. The van der Waals surface area contributed by atoms with Crippen molar-refractivity contribution in [2.75, 3.05) is 18.1 Å². The highest BCUT2D eigenvalue weighted by molar-refractivity contribution is 7.99. The SMILES string of the molecule is CC(C)CNC(=O)Oc1ccc(C2(O)CCSCC2)cc1. The zero-order chi connectivity index (χ0) is 15.3. The van der Waals surface area contributed by atoms with Gasteiger partial charge < -0.3 is 15.2 Å². The van der Waals surface area contributed by atoms with Crippen LogP contribution in [0.5, 0.6) is 5.75 Å². The highest BCUT2D eigenvalue weighted by Crippen LogP contribution is 2.36. The van der Waals surface area contributed by atoms with Crippen LogP contribution in [0, 0.1) is 5.92 Å². The van der Waals surface area contributed by atoms with Gasteiger partial charge in [-0.1, -0.05) is 26.0 Å². The normalized spacial score (nSPS) is 17.5. The lowest BCUT2D eigenvalue weighted by Crippen LogP contribution is -2.31. The van der Waals surface area contributed by atoms with Gasteiger partial charge in [0, 0.05) is 6.54 Å². The largest absolute Gasteiger partial charge is 0.412 e. The summed E-state index contributed by atoms with van der Waals surface area (Å²) in [7, 11) is 0. The molecule has 0 saturated carbocycles. The van der Waals surface area contributed by atoms with Crippen LogP contribution >= 0.6 is 11.8 Å². The predicted octanol–water partition coefficient (Wildman–Crippen LogP) is 3.15. The number of thioether (sulfide) groups is 1. The molecule has 5 heteroatoms. The first-order valence-corrected chi connectivity index (χ1v) is 8.51. The fourth-order valence-electron chi connectivity index (χ4n) is 2.26. The van der Waals surface area contributed by atoms with Crippen molar-refractivity contribution in [1.29, 1.82) is 0 Å². The van der Waals surface area contributed by atoms with Crippen LogP contribution in [0.4, 0.5) is 4.79 Å². The van der Waals surface area contributed by atoms with Gasteiger partial charge in [-0.2, -0.15) is 11.8 Å². The Balaban J connectivity index is 1.94. The van der Waals surface area contributed by atoms with Crippen LogP contribution in [0.1, 0.15) is 32.3 Å². The average molecular weight is 309 g/mol. The Kier molecular flexibility index (Phi) is 5.53. The van der Waals surface area contributed by atoms with Gasteiger partial charge in [0.2, 0.25) is 0 Å². The molecule has 1 aromatic carbocycles. The number of ether oxygens (including phenoxy) is 1. The van der Waals surface area contributed by atoms with E-state index in [0.29, 0.717) is 18.2 Å². The minimum absolute atomic E-state index is 0.387. The minimum atomic E-state index is -0.732. The third-order valence-corrected chi connectivity index (χ3v) is 4.56. The molecule has 1 aromatic rings. The van der Waals surface area contributed by atoms with Gasteiger partial charge in [0.15, 0.2) is 0 Å². The molecule has 1 saturated heterocycles. The molecular weight excluding hydrogens is 286 g/mol. The lowest BCUT2D eigenvalue weighted by Gasteiger charge is -2.32. The number of benzene rings is 1. The Labute approximate surface area is 130 Å². The van der Waals surface area contributed by atoms with Gasteiger partial charge in [-0.25, -0.2) is 4.79 Å². The van der Waals surface area contributed by atoms with Crippen molar-refractivity contribution >= 4 is 17.9 Å². The van der Waals surface area contributed by atoms with E-state index in [9.17, 15) is 9.90 Å². The molecule has 0 unspecified atom stereocenters. The predicted molar refractivity (Wildman–Crippen MR) is 85.8 cm³/mol. The summed E-state index contributed by atoms with van der Waals surface area (Å²) in [5.41, 5.74) is 0.168. The molecule has 21 heavy (non-hydrogen) atoms. The molecule has 1 aliphatic heterocycles. The molecule has 0 radical (unpaired) electrons. The van der Waals surface area contributed by atoms with Gasteiger partial charge >= 0.3 is 6.09 Å². The second-order valence-electron chi connectivity index (χ2n) is 5.83. The standard InChI is InChI=1S/C16H23NO3S/c1-12(2)11-17-15(18)20-14-5-3-13(4-6-14)16(19)7-9-21-10-8-16/h3-6,12,19H,7-11H2,1-2H3,(H,17,18). The summed E-state index contributed by atoms with van der Waals surface area (Å²) < 4.78 is 5.20. The Morgan fingerprint density at radius 1 is 1.33 bits per heavy atom. The van der Waals surface area contributed by atoms with E-state index in [1.807, 2.05) is 37.7 Å². The number of carbonyl (C=O) groups is 1. The van der Waals surface area contributed by atoms with Crippen molar-refractivity contribution in [1.82, 2.24) is 5.32 Å². The van der Waals surface area contributed by atoms with Gasteiger partial charge in [0.05, 0.1) is 5.60 Å². The van der Waals surface area contributed by atoms with Gasteiger partial charge in [0.25, 0.3) is 0 Å². The summed E-state index contributed by atoms with van der Waals surface area (Å²) in [4.78, 5) is 11.6. The molecule has 0 atom stereocenters. The molecule has 0 bridgehead atoms. The summed E-state index contributed by atoms with van der Waals surface area (Å²) in [5.74, 6) is 2.84. The van der Waals surface area contributed by atoms with Gasteiger partial charge in [-0.15, -0.1) is 0 Å². The lowest BCUT2D eigenvalue weighted by molar-refractivity contribution is 0.0280. The quantitative estimate of drug-likeness (QED) is 0.897. The van der Waals surface area contributed by atoms with Crippen molar-refractivity contribution in [2.45, 2.75) is 32.3 Å².